The fraction of sp³-hybridized carbons (Fsp3) is 0.634. The van der Waals surface area contributed by atoms with Gasteiger partial charge in [-0.25, -0.2) is 14.4 Å². The number of alkyl carbamates (subject to hydrolysis) is 1. The summed E-state index contributed by atoms with van der Waals surface area (Å²) < 4.78 is 21.2. The normalized spacial score (nSPS) is 13.8. The molecule has 1 aliphatic rings. The van der Waals surface area contributed by atoms with Gasteiger partial charge in [0.05, 0.1) is 39.6 Å². The molecule has 7 N–H and O–H groups in total. The first-order valence-electron chi connectivity index (χ1n) is 20.4. The van der Waals surface area contributed by atoms with Gasteiger partial charge >= 0.3 is 18.2 Å². The third-order valence-electron chi connectivity index (χ3n) is 9.14. The lowest BCUT2D eigenvalue weighted by Gasteiger charge is -2.24. The highest BCUT2D eigenvalue weighted by atomic mass is 16.6. The van der Waals surface area contributed by atoms with E-state index in [0.29, 0.717) is 37.3 Å². The van der Waals surface area contributed by atoms with Gasteiger partial charge in [0.15, 0.2) is 0 Å². The summed E-state index contributed by atoms with van der Waals surface area (Å²) in [6, 6.07) is 5.20. The van der Waals surface area contributed by atoms with E-state index in [1.165, 1.54) is 16.7 Å². The summed E-state index contributed by atoms with van der Waals surface area (Å²) >= 11 is 0. The number of rotatable bonds is 25. The lowest BCUT2D eigenvalue weighted by Crippen LogP contribution is -2.51. The maximum absolute atomic E-state index is 12.8. The molecule has 1 aromatic carbocycles. The molecule has 61 heavy (non-hydrogen) atoms. The first-order valence-corrected chi connectivity index (χ1v) is 20.4. The van der Waals surface area contributed by atoms with Crippen LogP contribution in [0, 0.1) is 17.8 Å². The summed E-state index contributed by atoms with van der Waals surface area (Å²) in [6.45, 7) is 17.1. The van der Waals surface area contributed by atoms with Crippen molar-refractivity contribution in [3.63, 3.8) is 0 Å². The standard InChI is InChI=1S/C37H58N6O11.C4H10N2O/c1-25(2)31-22-27(5)43(35(31)48)15-18-52-20-21-53-36(49)40-33(26(3)4)34(47)38-23-32(46)39-30-10-8-29(9-11-30)24-54-37(50)41(7)12-13-42(28(6)45)14-17-51-19-16-44;1-2-3-6-4(5)7/h8-11,25-26,31,33,44H,5,12-24H2,1-4,6-7H3,(H,38,47)(H,39,46)(H,40,49);2-3H2,1H3,(H3,5,6,7). The lowest BCUT2D eigenvalue weighted by atomic mass is 9.94. The first-order chi connectivity index (χ1) is 28.9. The van der Waals surface area contributed by atoms with Crippen molar-refractivity contribution in [1.82, 2.24) is 30.7 Å². The smallest absolute Gasteiger partial charge is 0.409 e. The number of benzene rings is 1. The zero-order chi connectivity index (χ0) is 45.9. The minimum Gasteiger partial charge on any atom is -0.447 e. The maximum Gasteiger partial charge on any atom is 0.409 e. The van der Waals surface area contributed by atoms with Crippen molar-refractivity contribution in [1.29, 1.82) is 0 Å². The number of ether oxygens (including phenoxy) is 4. The molecule has 1 aromatic rings. The van der Waals surface area contributed by atoms with Crippen LogP contribution < -0.4 is 27.0 Å². The van der Waals surface area contributed by atoms with Crippen molar-refractivity contribution in [3.8, 4) is 0 Å². The molecule has 0 radical (unpaired) electrons. The van der Waals surface area contributed by atoms with E-state index in [1.54, 1.807) is 50.1 Å². The number of amides is 8. The monoisotopic (exact) mass is 864 g/mol. The summed E-state index contributed by atoms with van der Waals surface area (Å²) in [5.41, 5.74) is 6.63. The molecular weight excluding hydrogens is 796 g/mol. The second kappa shape index (κ2) is 29.7. The summed E-state index contributed by atoms with van der Waals surface area (Å²) in [5.74, 6) is -1.31. The third kappa shape index (κ3) is 22.1. The molecule has 0 spiro atoms. The molecule has 1 fully saturated rings. The van der Waals surface area contributed by atoms with E-state index in [4.69, 9.17) is 29.8 Å². The minimum absolute atomic E-state index is 0.0196. The zero-order valence-corrected chi connectivity index (χ0v) is 36.8. The van der Waals surface area contributed by atoms with Crippen LogP contribution in [0.2, 0.25) is 0 Å². The SMILES string of the molecule is C=C1CC(C(C)C)C(=O)N1CCOCCOC(=O)NC(C(=O)NCC(=O)Nc1ccc(COC(=O)N(C)CCN(CCOCCO)C(C)=O)cc1)C(C)C.CCCNC(N)=O. The Morgan fingerprint density at radius 1 is 0.934 bits per heavy atom. The van der Waals surface area contributed by atoms with Gasteiger partial charge in [-0.1, -0.05) is 53.3 Å². The molecule has 20 heteroatoms. The average molecular weight is 865 g/mol. The summed E-state index contributed by atoms with van der Waals surface area (Å²) in [5, 5.41) is 19.0. The lowest BCUT2D eigenvalue weighted by molar-refractivity contribution is -0.132. The van der Waals surface area contributed by atoms with Gasteiger partial charge in [-0.3, -0.25) is 19.2 Å². The van der Waals surface area contributed by atoms with E-state index in [1.807, 2.05) is 20.8 Å². The average Bonchev–Trinajstić information content (AvgIpc) is 3.50. The van der Waals surface area contributed by atoms with E-state index in [-0.39, 0.29) is 95.5 Å². The fourth-order valence-electron chi connectivity index (χ4n) is 5.55. The fourth-order valence-corrected chi connectivity index (χ4v) is 5.55. The predicted octanol–water partition coefficient (Wildman–Crippen LogP) is 2.02. The molecule has 8 amide bonds. The van der Waals surface area contributed by atoms with Crippen LogP contribution in [0.15, 0.2) is 36.5 Å². The molecule has 2 rings (SSSR count). The number of carbonyl (C=O) groups is 7. The van der Waals surface area contributed by atoms with Gasteiger partial charge in [-0.2, -0.15) is 0 Å². The van der Waals surface area contributed by atoms with Gasteiger partial charge in [0, 0.05) is 64.0 Å². The third-order valence-corrected chi connectivity index (χ3v) is 9.14. The van der Waals surface area contributed by atoms with Crippen molar-refractivity contribution in [2.75, 3.05) is 91.3 Å². The van der Waals surface area contributed by atoms with Gasteiger partial charge in [-0.05, 0) is 42.4 Å². The number of primary amides is 1. The molecule has 2 unspecified atom stereocenters. The Hall–Kier alpha value is -5.47. The molecule has 0 bridgehead atoms. The molecule has 1 aliphatic heterocycles. The Bertz CT molecular complexity index is 1560. The van der Waals surface area contributed by atoms with E-state index >= 15 is 0 Å². The van der Waals surface area contributed by atoms with Crippen LogP contribution in [0.25, 0.3) is 0 Å². The predicted molar refractivity (Wildman–Crippen MR) is 227 cm³/mol. The number of hydrogen-bond acceptors (Lipinski definition) is 12. The number of allylic oxidation sites excluding steroid dienone is 1. The highest BCUT2D eigenvalue weighted by Crippen LogP contribution is 2.31. The first kappa shape index (κ1) is 53.5. The summed E-state index contributed by atoms with van der Waals surface area (Å²) in [4.78, 5) is 89.0. The number of hydrogen-bond donors (Lipinski definition) is 6. The summed E-state index contributed by atoms with van der Waals surface area (Å²) in [7, 11) is 1.56. The van der Waals surface area contributed by atoms with Gasteiger partial charge in [0.2, 0.25) is 23.6 Å². The van der Waals surface area contributed by atoms with Crippen LogP contribution in [-0.4, -0.2) is 154 Å². The molecule has 2 atom stereocenters. The number of aliphatic hydroxyl groups is 1. The minimum atomic E-state index is -0.960. The molecule has 0 aromatic heterocycles. The number of urea groups is 1. The Labute approximate surface area is 359 Å². The van der Waals surface area contributed by atoms with E-state index < -0.39 is 36.1 Å². The van der Waals surface area contributed by atoms with Gasteiger partial charge < -0.3 is 65.8 Å². The highest BCUT2D eigenvalue weighted by Gasteiger charge is 2.36. The van der Waals surface area contributed by atoms with Gasteiger partial charge in [0.25, 0.3) is 0 Å². The second-order valence-corrected chi connectivity index (χ2v) is 14.8. The molecule has 344 valence electrons. The van der Waals surface area contributed by atoms with Crippen molar-refractivity contribution in [2.45, 2.75) is 67.0 Å². The number of nitrogens with one attached hydrogen (secondary N) is 4. The van der Waals surface area contributed by atoms with Crippen LogP contribution >= 0.6 is 0 Å². The van der Waals surface area contributed by atoms with Crippen LogP contribution in [-0.2, 0) is 44.7 Å². The van der Waals surface area contributed by atoms with Crippen molar-refractivity contribution >= 4 is 47.5 Å². The van der Waals surface area contributed by atoms with Crippen LogP contribution in [0.5, 0.6) is 0 Å². The van der Waals surface area contributed by atoms with Crippen LogP contribution in [0.3, 0.4) is 0 Å². The molecule has 20 nitrogen and oxygen atoms in total. The number of anilines is 1. The maximum atomic E-state index is 12.8. The highest BCUT2D eigenvalue weighted by molar-refractivity contribution is 5.95. The number of likely N-dealkylation sites (tertiary alicyclic amines) is 1. The van der Waals surface area contributed by atoms with Gasteiger partial charge in [-0.15, -0.1) is 0 Å². The van der Waals surface area contributed by atoms with Crippen molar-refractivity contribution in [3.05, 3.63) is 42.1 Å². The second-order valence-electron chi connectivity index (χ2n) is 14.8. The molecule has 0 aliphatic carbocycles. The largest absolute Gasteiger partial charge is 0.447 e. The van der Waals surface area contributed by atoms with E-state index in [2.05, 4.69) is 27.8 Å². The molecule has 1 heterocycles. The topological polar surface area (TPSA) is 260 Å². The number of aliphatic hydroxyl groups excluding tert-OH is 1. The molecule has 1 saturated heterocycles. The molecular formula is C41H68N8O12. The number of likely N-dealkylation sites (N-methyl/N-ethyl adjacent to an activating group) is 1. The molecule has 0 saturated carbocycles. The van der Waals surface area contributed by atoms with Gasteiger partial charge in [0.1, 0.15) is 19.3 Å². The number of nitrogens with zero attached hydrogens (tertiary/aromatic N) is 3. The number of nitrogens with two attached hydrogens (primary N) is 1. The number of carbonyl (C=O) groups excluding carboxylic acids is 7. The Morgan fingerprint density at radius 3 is 2.16 bits per heavy atom. The van der Waals surface area contributed by atoms with Crippen molar-refractivity contribution in [2.24, 2.45) is 23.5 Å². The van der Waals surface area contributed by atoms with Crippen LogP contribution in [0.1, 0.15) is 59.9 Å². The Morgan fingerprint density at radius 2 is 1.61 bits per heavy atom. The Kier molecular flexibility index (Phi) is 26.1. The van der Waals surface area contributed by atoms with E-state index in [0.717, 1.165) is 12.1 Å². The Balaban J connectivity index is 0.00000243. The van der Waals surface area contributed by atoms with Crippen LogP contribution in [0.4, 0.5) is 20.1 Å². The summed E-state index contributed by atoms with van der Waals surface area (Å²) in [6.07, 6.45) is 0.189. The quantitative estimate of drug-likeness (QED) is 0.0772. The van der Waals surface area contributed by atoms with E-state index in [9.17, 15) is 33.6 Å². The van der Waals surface area contributed by atoms with Crippen molar-refractivity contribution < 1.29 is 57.6 Å². The zero-order valence-electron chi connectivity index (χ0n) is 36.8.